The third-order valence-corrected chi connectivity index (χ3v) is 6.68. The summed E-state index contributed by atoms with van der Waals surface area (Å²) in [6, 6.07) is 0.388. The molecule has 0 bridgehead atoms. The summed E-state index contributed by atoms with van der Waals surface area (Å²) in [5, 5.41) is 15.6. The van der Waals surface area contributed by atoms with E-state index in [0.717, 1.165) is 63.1 Å². The summed E-state index contributed by atoms with van der Waals surface area (Å²) < 4.78 is 14.0. The van der Waals surface area contributed by atoms with Crippen LogP contribution in [-0.2, 0) is 23.1 Å². The van der Waals surface area contributed by atoms with E-state index in [1.54, 1.807) is 0 Å². The number of halogens is 1. The lowest BCUT2D eigenvalue weighted by molar-refractivity contribution is -0.107. The maximum Gasteiger partial charge on any atom is 0.192 e. The third kappa shape index (κ3) is 6.06. The molecule has 1 saturated carbocycles. The molecular weight excluding hydrogens is 495 g/mol. The first-order chi connectivity index (χ1) is 14.1. The van der Waals surface area contributed by atoms with Crippen molar-refractivity contribution in [1.82, 2.24) is 25.4 Å². The van der Waals surface area contributed by atoms with Crippen LogP contribution in [0.15, 0.2) is 4.99 Å². The first kappa shape index (κ1) is 23.7. The highest BCUT2D eigenvalue weighted by Crippen LogP contribution is 2.38. The van der Waals surface area contributed by atoms with Crippen LogP contribution >= 0.6 is 24.0 Å². The van der Waals surface area contributed by atoms with Crippen LogP contribution in [0.5, 0.6) is 0 Å². The van der Waals surface area contributed by atoms with E-state index in [4.69, 9.17) is 14.5 Å². The van der Waals surface area contributed by atoms with Crippen molar-refractivity contribution in [3.05, 3.63) is 11.6 Å². The Morgan fingerprint density at radius 3 is 2.70 bits per heavy atom. The number of rotatable bonds is 5. The average molecular weight is 532 g/mol. The normalized spacial score (nSPS) is 26.4. The zero-order chi connectivity index (χ0) is 20.1. The van der Waals surface area contributed by atoms with Gasteiger partial charge in [0.25, 0.3) is 0 Å². The van der Waals surface area contributed by atoms with Crippen LogP contribution in [0.2, 0.25) is 0 Å². The van der Waals surface area contributed by atoms with E-state index in [-0.39, 0.29) is 35.7 Å². The molecule has 3 aliphatic rings. The predicted molar refractivity (Wildman–Crippen MR) is 127 cm³/mol. The summed E-state index contributed by atoms with van der Waals surface area (Å²) in [4.78, 5) is 4.83. The molecule has 1 aliphatic carbocycles. The van der Waals surface area contributed by atoms with Gasteiger partial charge in [-0.3, -0.25) is 0 Å². The van der Waals surface area contributed by atoms with Crippen LogP contribution in [0.1, 0.15) is 69.4 Å². The van der Waals surface area contributed by atoms with E-state index in [2.05, 4.69) is 20.8 Å². The fourth-order valence-electron chi connectivity index (χ4n) is 4.80. The third-order valence-electron chi connectivity index (χ3n) is 6.68. The number of hydrogen-bond donors (Lipinski definition) is 2. The standard InChI is InChI=1S/C21H36N6O2.HI/c1-16-25-26-19(27(16)2)15-23-20(22-14-18-7-6-11-28-18)24-17-8-12-29-21(13-17)9-4-3-5-10-21;/h17-18H,3-15H2,1-2H3,(H2,22,23,24);1H. The quantitative estimate of drug-likeness (QED) is 0.345. The van der Waals surface area contributed by atoms with Crippen molar-refractivity contribution in [2.45, 2.75) is 89.0 Å². The molecule has 0 aromatic carbocycles. The number of aromatic nitrogens is 3. The van der Waals surface area contributed by atoms with Crippen molar-refractivity contribution in [2.75, 3.05) is 19.8 Å². The van der Waals surface area contributed by atoms with Gasteiger partial charge in [0, 0.05) is 32.8 Å². The Balaban J connectivity index is 0.00000256. The molecule has 8 nitrogen and oxygen atoms in total. The van der Waals surface area contributed by atoms with Gasteiger partial charge in [0.15, 0.2) is 11.8 Å². The Labute approximate surface area is 197 Å². The number of aryl methyl sites for hydroxylation is 1. The second kappa shape index (κ2) is 11.1. The van der Waals surface area contributed by atoms with Crippen molar-refractivity contribution < 1.29 is 9.47 Å². The van der Waals surface area contributed by atoms with Gasteiger partial charge in [-0.2, -0.15) is 0 Å². The molecule has 2 unspecified atom stereocenters. The molecule has 2 N–H and O–H groups in total. The summed E-state index contributed by atoms with van der Waals surface area (Å²) in [5.41, 5.74) is 0.0779. The highest BCUT2D eigenvalue weighted by molar-refractivity contribution is 14.0. The van der Waals surface area contributed by atoms with Gasteiger partial charge >= 0.3 is 0 Å². The molecule has 1 aromatic heterocycles. The van der Waals surface area contributed by atoms with Crippen LogP contribution in [0, 0.1) is 6.92 Å². The molecule has 9 heteroatoms. The molecular formula is C21H37IN6O2. The van der Waals surface area contributed by atoms with Gasteiger partial charge < -0.3 is 24.7 Å². The van der Waals surface area contributed by atoms with Gasteiger partial charge in [-0.1, -0.05) is 19.3 Å². The van der Waals surface area contributed by atoms with Crippen LogP contribution in [0.25, 0.3) is 0 Å². The lowest BCUT2D eigenvalue weighted by atomic mass is 9.78. The van der Waals surface area contributed by atoms with Crippen LogP contribution in [-0.4, -0.2) is 58.2 Å². The minimum absolute atomic E-state index is 0. The molecule has 0 radical (unpaired) electrons. The van der Waals surface area contributed by atoms with Crippen LogP contribution < -0.4 is 10.6 Å². The summed E-state index contributed by atoms with van der Waals surface area (Å²) in [6.07, 6.45) is 10.9. The fraction of sp³-hybridized carbons (Fsp3) is 0.857. The first-order valence-corrected chi connectivity index (χ1v) is 11.3. The zero-order valence-corrected chi connectivity index (χ0v) is 20.7. The van der Waals surface area contributed by atoms with Gasteiger partial charge in [0.1, 0.15) is 12.4 Å². The molecule has 3 heterocycles. The molecule has 0 amide bonds. The Morgan fingerprint density at radius 1 is 1.17 bits per heavy atom. The summed E-state index contributed by atoms with van der Waals surface area (Å²) in [5.74, 6) is 2.62. The molecule has 4 rings (SSSR count). The van der Waals surface area contributed by atoms with Crippen molar-refractivity contribution in [3.8, 4) is 0 Å². The van der Waals surface area contributed by atoms with Crippen molar-refractivity contribution in [3.63, 3.8) is 0 Å². The molecule has 1 spiro atoms. The Kier molecular flexibility index (Phi) is 8.76. The fourth-order valence-corrected chi connectivity index (χ4v) is 4.80. The Morgan fingerprint density at radius 2 is 2.00 bits per heavy atom. The largest absolute Gasteiger partial charge is 0.376 e. The van der Waals surface area contributed by atoms with Gasteiger partial charge in [-0.15, -0.1) is 34.2 Å². The lowest BCUT2D eigenvalue weighted by Crippen LogP contribution is -2.52. The second-order valence-electron chi connectivity index (χ2n) is 8.83. The molecule has 170 valence electrons. The Bertz CT molecular complexity index is 692. The summed E-state index contributed by atoms with van der Waals surface area (Å²) in [6.45, 7) is 4.96. The van der Waals surface area contributed by atoms with Crippen molar-refractivity contribution in [1.29, 1.82) is 0 Å². The SMILES string of the molecule is Cc1nnc(CN=C(NCC2CCCO2)NC2CCOC3(CCCCC3)C2)n1C.I. The molecule has 2 atom stereocenters. The zero-order valence-electron chi connectivity index (χ0n) is 18.4. The van der Waals surface area contributed by atoms with Gasteiger partial charge in [-0.25, -0.2) is 4.99 Å². The van der Waals surface area contributed by atoms with E-state index in [0.29, 0.717) is 12.6 Å². The minimum atomic E-state index is 0. The summed E-state index contributed by atoms with van der Waals surface area (Å²) >= 11 is 0. The molecule has 2 saturated heterocycles. The van der Waals surface area contributed by atoms with Gasteiger partial charge in [-0.05, 0) is 45.4 Å². The second-order valence-corrected chi connectivity index (χ2v) is 8.83. The Hall–Kier alpha value is -0.940. The van der Waals surface area contributed by atoms with E-state index >= 15 is 0 Å². The number of nitrogens with one attached hydrogen (secondary N) is 2. The smallest absolute Gasteiger partial charge is 0.192 e. The average Bonchev–Trinajstić information content (AvgIpc) is 3.36. The highest BCUT2D eigenvalue weighted by Gasteiger charge is 2.38. The van der Waals surface area contributed by atoms with E-state index in [1.165, 1.54) is 32.1 Å². The van der Waals surface area contributed by atoms with E-state index < -0.39 is 0 Å². The maximum atomic E-state index is 6.27. The van der Waals surface area contributed by atoms with Crippen LogP contribution in [0.3, 0.4) is 0 Å². The molecule has 30 heavy (non-hydrogen) atoms. The monoisotopic (exact) mass is 532 g/mol. The van der Waals surface area contributed by atoms with E-state index in [9.17, 15) is 0 Å². The minimum Gasteiger partial charge on any atom is -0.376 e. The van der Waals surface area contributed by atoms with Crippen molar-refractivity contribution >= 4 is 29.9 Å². The first-order valence-electron chi connectivity index (χ1n) is 11.3. The number of ether oxygens (including phenoxy) is 2. The highest BCUT2D eigenvalue weighted by atomic mass is 127. The molecule has 3 fully saturated rings. The number of guanidine groups is 1. The number of aliphatic imine (C=N–C) groups is 1. The topological polar surface area (TPSA) is 85.6 Å². The number of hydrogen-bond acceptors (Lipinski definition) is 5. The predicted octanol–water partition coefficient (Wildman–Crippen LogP) is 2.84. The number of nitrogens with zero attached hydrogens (tertiary/aromatic N) is 4. The van der Waals surface area contributed by atoms with E-state index in [1.807, 2.05) is 18.5 Å². The van der Waals surface area contributed by atoms with Crippen LogP contribution in [0.4, 0.5) is 0 Å². The molecule has 1 aromatic rings. The van der Waals surface area contributed by atoms with Crippen molar-refractivity contribution in [2.24, 2.45) is 12.0 Å². The maximum absolute atomic E-state index is 6.27. The lowest BCUT2D eigenvalue weighted by Gasteiger charge is -2.44. The van der Waals surface area contributed by atoms with Gasteiger partial charge in [0.2, 0.25) is 0 Å². The molecule has 2 aliphatic heterocycles. The van der Waals surface area contributed by atoms with Gasteiger partial charge in [0.05, 0.1) is 11.7 Å². The summed E-state index contributed by atoms with van der Waals surface area (Å²) in [7, 11) is 1.98.